The van der Waals surface area contributed by atoms with Crippen LogP contribution in [-0.2, 0) is 32.2 Å². The zero-order valence-corrected chi connectivity index (χ0v) is 21.9. The average molecular weight is 566 g/mol. The Labute approximate surface area is 223 Å². The summed E-state index contributed by atoms with van der Waals surface area (Å²) in [6.07, 6.45) is 3.22. The van der Waals surface area contributed by atoms with Gasteiger partial charge in [0.2, 0.25) is 5.82 Å². The van der Waals surface area contributed by atoms with Gasteiger partial charge in [0.1, 0.15) is 23.8 Å². The zero-order valence-electron chi connectivity index (χ0n) is 19.4. The predicted molar refractivity (Wildman–Crippen MR) is 136 cm³/mol. The molecular formula is C20H23N9O5S3. The third kappa shape index (κ3) is 5.72. The second-order valence-electron chi connectivity index (χ2n) is 7.80. The monoisotopic (exact) mass is 565 g/mol. The SMILES string of the molecule is CCc1c[n+](N)c(SCC2=C(C(=O)[O-])N3C(=O)C(NC(=O)/C=N\OCc4csc(N)n4)C3SC2)nc1N. The molecule has 4 heterocycles. The van der Waals surface area contributed by atoms with Gasteiger partial charge < -0.3 is 31.5 Å². The third-order valence-electron chi connectivity index (χ3n) is 5.38. The number of nitrogen functional groups attached to an aromatic ring is 3. The molecule has 1 saturated heterocycles. The molecule has 2 aromatic rings. The molecule has 2 aliphatic heterocycles. The van der Waals surface area contributed by atoms with Crippen molar-refractivity contribution in [2.45, 2.75) is 36.5 Å². The minimum absolute atomic E-state index is 0.0294. The van der Waals surface area contributed by atoms with Crippen LogP contribution in [0.5, 0.6) is 0 Å². The van der Waals surface area contributed by atoms with Crippen LogP contribution < -0.4 is 32.4 Å². The second-order valence-corrected chi connectivity index (χ2v) is 10.7. The molecule has 4 rings (SSSR count). The Morgan fingerprint density at radius 2 is 2.22 bits per heavy atom. The quantitative estimate of drug-likeness (QED) is 0.0466. The number of anilines is 2. The van der Waals surface area contributed by atoms with Crippen molar-refractivity contribution >= 4 is 69.8 Å². The number of amides is 2. The van der Waals surface area contributed by atoms with E-state index in [4.69, 9.17) is 22.1 Å². The van der Waals surface area contributed by atoms with Gasteiger partial charge in [0.05, 0.1) is 22.9 Å². The van der Waals surface area contributed by atoms with Crippen molar-refractivity contribution in [2.24, 2.45) is 5.16 Å². The molecule has 17 heteroatoms. The molecule has 0 bridgehead atoms. The molecule has 2 aliphatic rings. The van der Waals surface area contributed by atoms with Gasteiger partial charge in [-0.1, -0.05) is 12.1 Å². The van der Waals surface area contributed by atoms with Crippen LogP contribution >= 0.6 is 34.9 Å². The number of thiazole rings is 1. The predicted octanol–water partition coefficient (Wildman–Crippen LogP) is -2.04. The first-order valence-electron chi connectivity index (χ1n) is 10.8. The van der Waals surface area contributed by atoms with Gasteiger partial charge in [-0.15, -0.1) is 27.8 Å². The summed E-state index contributed by atoms with van der Waals surface area (Å²) in [5.74, 6) is 4.13. The Balaban J connectivity index is 1.37. The molecule has 7 N–H and O–H groups in total. The number of hydrogen-bond donors (Lipinski definition) is 4. The highest BCUT2D eigenvalue weighted by Gasteiger charge is 2.52. The number of β-lactam (4-membered cyclic amide) rings is 1. The number of hydrogen-bond acceptors (Lipinski definition) is 14. The average Bonchev–Trinajstić information content (AvgIpc) is 3.29. The summed E-state index contributed by atoms with van der Waals surface area (Å²) in [6, 6.07) is -0.917. The number of aromatic nitrogens is 3. The maximum Gasteiger partial charge on any atom is 0.384 e. The van der Waals surface area contributed by atoms with Gasteiger partial charge in [-0.25, -0.2) is 4.98 Å². The number of thioether (sulfide) groups is 2. The lowest BCUT2D eigenvalue weighted by atomic mass is 10.0. The number of rotatable bonds is 10. The fraction of sp³-hybridized carbons (Fsp3) is 0.350. The Hall–Kier alpha value is -3.57. The number of oxime groups is 1. The molecular weight excluding hydrogens is 542 g/mol. The molecule has 2 aromatic heterocycles. The molecule has 2 amide bonds. The Bertz CT molecular complexity index is 1300. The summed E-state index contributed by atoms with van der Waals surface area (Å²) in [6.45, 7) is 1.95. The molecule has 0 saturated carbocycles. The fourth-order valence-corrected chi connectivity index (χ4v) is 6.53. The molecule has 37 heavy (non-hydrogen) atoms. The normalized spacial score (nSPS) is 19.1. The van der Waals surface area contributed by atoms with Crippen molar-refractivity contribution in [3.63, 3.8) is 0 Å². The first-order valence-corrected chi connectivity index (χ1v) is 13.7. The number of nitrogens with one attached hydrogen (secondary N) is 1. The van der Waals surface area contributed by atoms with E-state index in [-0.39, 0.29) is 18.1 Å². The summed E-state index contributed by atoms with van der Waals surface area (Å²) in [4.78, 5) is 51.3. The molecule has 0 aromatic carbocycles. The van der Waals surface area contributed by atoms with E-state index < -0.39 is 29.2 Å². The van der Waals surface area contributed by atoms with Gasteiger partial charge in [-0.05, 0) is 28.7 Å². The number of carbonyl (C=O) groups excluding carboxylic acids is 3. The molecule has 0 spiro atoms. The van der Waals surface area contributed by atoms with Crippen LogP contribution in [0.4, 0.5) is 10.9 Å². The Morgan fingerprint density at radius 3 is 2.89 bits per heavy atom. The number of fused-ring (bicyclic) bond motifs is 1. The molecule has 2 unspecified atom stereocenters. The summed E-state index contributed by atoms with van der Waals surface area (Å²) in [5, 5.41) is 19.9. The van der Waals surface area contributed by atoms with Gasteiger partial charge in [-0.2, -0.15) is 0 Å². The lowest BCUT2D eigenvalue weighted by Gasteiger charge is -2.50. The van der Waals surface area contributed by atoms with Crippen LogP contribution in [-0.4, -0.2) is 61.8 Å². The van der Waals surface area contributed by atoms with Crippen LogP contribution in [0.3, 0.4) is 0 Å². The number of nitrogens with two attached hydrogens (primary N) is 3. The van der Waals surface area contributed by atoms with Crippen molar-refractivity contribution in [1.82, 2.24) is 20.2 Å². The summed E-state index contributed by atoms with van der Waals surface area (Å²) in [7, 11) is 0. The first kappa shape index (κ1) is 26.5. The highest BCUT2D eigenvalue weighted by atomic mass is 32.2. The number of aryl methyl sites for hydroxylation is 1. The maximum atomic E-state index is 12.8. The standard InChI is InChI=1S/C20H23N9O5S3/c1-2-9-4-28(23)20(27-15(9)21)37-7-10-6-35-17-13(16(31)29(17)14(10)18(32)33)26-12(30)3-24-34-5-11-8-36-19(22)25-11/h3-4,8,13,17,21H,2,5-7,23H2,1H3,(H4,22,25,26,30,32,33)/b24-3-. The number of carbonyl (C=O) groups is 3. The second kappa shape index (κ2) is 11.2. The third-order valence-corrected chi connectivity index (χ3v) is 8.50. The van der Waals surface area contributed by atoms with Crippen molar-refractivity contribution in [3.8, 4) is 0 Å². The van der Waals surface area contributed by atoms with Crippen LogP contribution in [0.1, 0.15) is 18.2 Å². The lowest BCUT2D eigenvalue weighted by Crippen LogP contribution is -2.71. The topological polar surface area (TPSA) is 219 Å². The van der Waals surface area contributed by atoms with Crippen molar-refractivity contribution in [2.75, 3.05) is 28.8 Å². The highest BCUT2D eigenvalue weighted by Crippen LogP contribution is 2.41. The highest BCUT2D eigenvalue weighted by molar-refractivity contribution is 8.01. The van der Waals surface area contributed by atoms with E-state index in [9.17, 15) is 19.5 Å². The summed E-state index contributed by atoms with van der Waals surface area (Å²) < 4.78 is 1.33. The number of aliphatic carboxylic acids is 1. The molecule has 1 fully saturated rings. The van der Waals surface area contributed by atoms with Crippen molar-refractivity contribution in [1.29, 1.82) is 0 Å². The minimum atomic E-state index is -1.48. The molecule has 0 aliphatic carbocycles. The van der Waals surface area contributed by atoms with Gasteiger partial charge >= 0.3 is 5.16 Å². The Morgan fingerprint density at radius 1 is 1.43 bits per heavy atom. The van der Waals surface area contributed by atoms with Crippen LogP contribution in [0, 0.1) is 0 Å². The maximum absolute atomic E-state index is 12.8. The zero-order chi connectivity index (χ0) is 26.7. The van der Waals surface area contributed by atoms with Crippen molar-refractivity contribution < 1.29 is 29.0 Å². The largest absolute Gasteiger partial charge is 0.543 e. The van der Waals surface area contributed by atoms with E-state index in [2.05, 4.69) is 20.4 Å². The van der Waals surface area contributed by atoms with Gasteiger partial charge in [0.25, 0.3) is 11.8 Å². The summed E-state index contributed by atoms with van der Waals surface area (Å²) in [5.41, 5.74) is 13.1. The summed E-state index contributed by atoms with van der Waals surface area (Å²) >= 11 is 3.77. The smallest absolute Gasteiger partial charge is 0.384 e. The molecule has 14 nitrogen and oxygen atoms in total. The van der Waals surface area contributed by atoms with E-state index in [0.717, 1.165) is 16.7 Å². The van der Waals surface area contributed by atoms with Crippen LogP contribution in [0.2, 0.25) is 0 Å². The molecule has 0 radical (unpaired) electrons. The fourth-order valence-electron chi connectivity index (χ4n) is 3.60. The first-order chi connectivity index (χ1) is 17.7. The lowest BCUT2D eigenvalue weighted by molar-refractivity contribution is -0.682. The van der Waals surface area contributed by atoms with E-state index in [1.165, 1.54) is 39.5 Å². The molecule has 196 valence electrons. The number of nitrogens with zero attached hydrogens (tertiary/aromatic N) is 5. The Kier molecular flexibility index (Phi) is 8.03. The number of carboxylic acid groups (broad SMARTS) is 1. The van der Waals surface area contributed by atoms with Crippen molar-refractivity contribution in [3.05, 3.63) is 34.1 Å². The van der Waals surface area contributed by atoms with Gasteiger partial charge in [0, 0.05) is 16.9 Å². The van der Waals surface area contributed by atoms with Crippen LogP contribution in [0.25, 0.3) is 0 Å². The minimum Gasteiger partial charge on any atom is -0.543 e. The van der Waals surface area contributed by atoms with E-state index in [1.807, 2.05) is 6.92 Å². The molecule has 2 atom stereocenters. The van der Waals surface area contributed by atoms with E-state index in [0.29, 0.717) is 39.5 Å². The van der Waals surface area contributed by atoms with Gasteiger partial charge in [0.15, 0.2) is 11.7 Å². The van der Waals surface area contributed by atoms with E-state index in [1.54, 1.807) is 11.6 Å². The van der Waals surface area contributed by atoms with E-state index >= 15 is 0 Å². The van der Waals surface area contributed by atoms with Crippen LogP contribution in [0.15, 0.2) is 33.2 Å². The number of carboxylic acids is 1. The van der Waals surface area contributed by atoms with Gasteiger partial charge in [-0.3, -0.25) is 20.3 Å².